The average Bonchev–Trinajstić information content (AvgIpc) is 3.74. The molecule has 0 aliphatic heterocycles. The molecule has 0 N–H and O–H groups in total. The molecule has 10 aromatic rings. The zero-order valence-corrected chi connectivity index (χ0v) is 27.3. The maximum Gasteiger partial charge on any atom is 0.164 e. The van der Waals surface area contributed by atoms with E-state index in [1.807, 2.05) is 6.07 Å². The number of rotatable bonds is 4. The van der Waals surface area contributed by atoms with Crippen molar-refractivity contribution in [2.45, 2.75) is 0 Å². The van der Waals surface area contributed by atoms with Gasteiger partial charge in [0.25, 0.3) is 0 Å². The highest BCUT2D eigenvalue weighted by atomic mass is 16.3. The van der Waals surface area contributed by atoms with Crippen LogP contribution in [0.3, 0.4) is 0 Å². The number of fused-ring (bicyclic) bond motifs is 8. The lowest BCUT2D eigenvalue weighted by Crippen LogP contribution is -2.00. The van der Waals surface area contributed by atoms with Crippen molar-refractivity contribution in [3.05, 3.63) is 164 Å². The van der Waals surface area contributed by atoms with E-state index >= 15 is 0 Å². The van der Waals surface area contributed by atoms with Crippen LogP contribution in [0.2, 0.25) is 0 Å². The lowest BCUT2D eigenvalue weighted by atomic mass is 9.99. The number of benzene rings is 8. The van der Waals surface area contributed by atoms with E-state index in [0.29, 0.717) is 17.5 Å². The van der Waals surface area contributed by atoms with Crippen molar-refractivity contribution >= 4 is 43.5 Å². The summed E-state index contributed by atoms with van der Waals surface area (Å²) in [6, 6.07) is 57.3. The molecule has 0 bridgehead atoms. The third-order valence-corrected chi connectivity index (χ3v) is 10.2. The standard InChI is InChI=1S/C47H27N3O/c1-2-9-28(10-3-1)30-17-20-31(21-18-30)45-48-46(34-22-19-29-11-4-5-12-32(29)25-34)50-47(49-45)35-23-24-41-39(27-35)40-26-33-13-8-16-37-36-14-6-7-15-38(36)43(42(33)37)44(40)51-41/h1-27H. The predicted octanol–water partition coefficient (Wildman–Crippen LogP) is 12.4. The summed E-state index contributed by atoms with van der Waals surface area (Å²) in [6.07, 6.45) is 0. The van der Waals surface area contributed by atoms with Crippen molar-refractivity contribution in [3.8, 4) is 67.5 Å². The number of hydrogen-bond donors (Lipinski definition) is 0. The summed E-state index contributed by atoms with van der Waals surface area (Å²) in [7, 11) is 0. The van der Waals surface area contributed by atoms with Gasteiger partial charge in [-0.25, -0.2) is 15.0 Å². The maximum absolute atomic E-state index is 6.69. The Balaban J connectivity index is 1.10. The van der Waals surface area contributed by atoms with E-state index in [4.69, 9.17) is 19.4 Å². The largest absolute Gasteiger partial charge is 0.455 e. The van der Waals surface area contributed by atoms with Crippen molar-refractivity contribution in [1.82, 2.24) is 15.0 Å². The van der Waals surface area contributed by atoms with Crippen LogP contribution in [-0.4, -0.2) is 15.0 Å². The Hall–Kier alpha value is -6.91. The third kappa shape index (κ3) is 4.37. The molecule has 0 atom stereocenters. The average molecular weight is 650 g/mol. The Morgan fingerprint density at radius 1 is 0.353 bits per heavy atom. The molecule has 0 saturated heterocycles. The van der Waals surface area contributed by atoms with Gasteiger partial charge in [0.1, 0.15) is 11.2 Å². The summed E-state index contributed by atoms with van der Waals surface area (Å²) in [5, 5.41) is 6.91. The smallest absolute Gasteiger partial charge is 0.164 e. The van der Waals surface area contributed by atoms with Crippen LogP contribution < -0.4 is 0 Å². The zero-order valence-electron chi connectivity index (χ0n) is 27.3. The quantitative estimate of drug-likeness (QED) is 0.190. The lowest BCUT2D eigenvalue weighted by Gasteiger charge is -2.10. The molecule has 1 aliphatic rings. The third-order valence-electron chi connectivity index (χ3n) is 10.2. The Morgan fingerprint density at radius 2 is 0.941 bits per heavy atom. The summed E-state index contributed by atoms with van der Waals surface area (Å²) in [6.45, 7) is 0. The molecule has 0 spiro atoms. The monoisotopic (exact) mass is 649 g/mol. The highest BCUT2D eigenvalue weighted by molar-refractivity contribution is 6.26. The fourth-order valence-electron chi connectivity index (χ4n) is 7.77. The first-order valence-corrected chi connectivity index (χ1v) is 17.2. The van der Waals surface area contributed by atoms with Crippen molar-refractivity contribution in [3.63, 3.8) is 0 Å². The summed E-state index contributed by atoms with van der Waals surface area (Å²) in [4.78, 5) is 15.3. The normalized spacial score (nSPS) is 11.9. The molecule has 11 rings (SSSR count). The van der Waals surface area contributed by atoms with E-state index in [2.05, 4.69) is 158 Å². The van der Waals surface area contributed by atoms with Gasteiger partial charge in [-0.15, -0.1) is 0 Å². The highest BCUT2D eigenvalue weighted by Gasteiger charge is 2.26. The number of aromatic nitrogens is 3. The minimum Gasteiger partial charge on any atom is -0.455 e. The van der Waals surface area contributed by atoms with Crippen molar-refractivity contribution in [1.29, 1.82) is 0 Å². The van der Waals surface area contributed by atoms with Gasteiger partial charge in [-0.05, 0) is 74.3 Å². The number of furan rings is 1. The summed E-state index contributed by atoms with van der Waals surface area (Å²) < 4.78 is 6.69. The van der Waals surface area contributed by atoms with E-state index in [9.17, 15) is 0 Å². The highest BCUT2D eigenvalue weighted by Crippen LogP contribution is 2.52. The second-order valence-corrected chi connectivity index (χ2v) is 13.2. The van der Waals surface area contributed by atoms with Crippen molar-refractivity contribution < 1.29 is 4.42 Å². The van der Waals surface area contributed by atoms with Gasteiger partial charge < -0.3 is 4.42 Å². The fraction of sp³-hybridized carbons (Fsp3) is 0. The summed E-state index contributed by atoms with van der Waals surface area (Å²) >= 11 is 0. The molecule has 0 saturated carbocycles. The Bertz CT molecular complexity index is 3020. The summed E-state index contributed by atoms with van der Waals surface area (Å²) in [5.74, 6) is 1.88. The van der Waals surface area contributed by atoms with Crippen molar-refractivity contribution in [2.24, 2.45) is 0 Å². The van der Waals surface area contributed by atoms with E-state index in [1.54, 1.807) is 0 Å². The van der Waals surface area contributed by atoms with Gasteiger partial charge in [0, 0.05) is 38.4 Å². The molecule has 0 fully saturated rings. The molecule has 2 heterocycles. The van der Waals surface area contributed by atoms with Gasteiger partial charge in [-0.2, -0.15) is 0 Å². The minimum absolute atomic E-state index is 0.615. The molecule has 1 aliphatic carbocycles. The van der Waals surface area contributed by atoms with Crippen molar-refractivity contribution in [2.75, 3.05) is 0 Å². The van der Waals surface area contributed by atoms with Crippen LogP contribution in [0.15, 0.2) is 168 Å². The molecule has 51 heavy (non-hydrogen) atoms. The molecular formula is C47H27N3O. The van der Waals surface area contributed by atoms with Gasteiger partial charge in [0.15, 0.2) is 17.5 Å². The van der Waals surface area contributed by atoms with Crippen LogP contribution in [0.1, 0.15) is 0 Å². The Morgan fingerprint density at radius 3 is 1.76 bits per heavy atom. The maximum atomic E-state index is 6.69. The zero-order chi connectivity index (χ0) is 33.5. The van der Waals surface area contributed by atoms with Gasteiger partial charge in [0.05, 0.1) is 0 Å². The van der Waals surface area contributed by atoms with E-state index in [-0.39, 0.29) is 0 Å². The summed E-state index contributed by atoms with van der Waals surface area (Å²) in [5.41, 5.74) is 11.8. The van der Waals surface area contributed by atoms with E-state index < -0.39 is 0 Å². The van der Waals surface area contributed by atoms with Gasteiger partial charge in [-0.3, -0.25) is 0 Å². The molecule has 8 aromatic carbocycles. The first-order valence-electron chi connectivity index (χ1n) is 17.2. The molecule has 236 valence electrons. The predicted molar refractivity (Wildman–Crippen MR) is 208 cm³/mol. The molecule has 0 radical (unpaired) electrons. The van der Waals surface area contributed by atoms with Crippen LogP contribution in [0.4, 0.5) is 0 Å². The second kappa shape index (κ2) is 10.8. The van der Waals surface area contributed by atoms with Crippen LogP contribution in [0.5, 0.6) is 0 Å². The van der Waals surface area contributed by atoms with Gasteiger partial charge in [0.2, 0.25) is 0 Å². The molecule has 4 heteroatoms. The van der Waals surface area contributed by atoms with Gasteiger partial charge >= 0.3 is 0 Å². The first kappa shape index (κ1) is 28.0. The topological polar surface area (TPSA) is 51.8 Å². The molecule has 0 unspecified atom stereocenters. The first-order chi connectivity index (χ1) is 25.2. The fourth-order valence-corrected chi connectivity index (χ4v) is 7.77. The SMILES string of the molecule is c1ccc(-c2ccc(-c3nc(-c4ccc5ccccc5c4)nc(-c4ccc5oc6c7c8c(cccc8cc6c5c4)-c4ccccc4-7)n3)cc2)cc1. The lowest BCUT2D eigenvalue weighted by molar-refractivity contribution is 0.670. The van der Waals surface area contributed by atoms with E-state index in [1.165, 1.54) is 44.0 Å². The Kier molecular flexibility index (Phi) is 5.92. The number of nitrogens with zero attached hydrogens (tertiary/aromatic N) is 3. The van der Waals surface area contributed by atoms with E-state index in [0.717, 1.165) is 49.6 Å². The second-order valence-electron chi connectivity index (χ2n) is 13.2. The Labute approximate surface area is 293 Å². The molecule has 4 nitrogen and oxygen atoms in total. The van der Waals surface area contributed by atoms with Crippen LogP contribution >= 0.6 is 0 Å². The van der Waals surface area contributed by atoms with Crippen LogP contribution in [0.25, 0.3) is 111 Å². The van der Waals surface area contributed by atoms with Crippen LogP contribution in [-0.2, 0) is 0 Å². The van der Waals surface area contributed by atoms with Gasteiger partial charge in [-0.1, -0.05) is 133 Å². The molecular weight excluding hydrogens is 623 g/mol. The minimum atomic E-state index is 0.615. The molecule has 0 amide bonds. The molecule has 2 aromatic heterocycles. The number of hydrogen-bond acceptors (Lipinski definition) is 4. The van der Waals surface area contributed by atoms with Crippen LogP contribution in [0, 0.1) is 0 Å².